The molecule has 0 radical (unpaired) electrons. The monoisotopic (exact) mass is 410 g/mol. The number of hydrogen-bond donors (Lipinski definition) is 2. The van der Waals surface area contributed by atoms with Crippen molar-refractivity contribution in [1.29, 1.82) is 0 Å². The molecule has 29 heavy (non-hydrogen) atoms. The Morgan fingerprint density at radius 3 is 2.45 bits per heavy atom. The van der Waals surface area contributed by atoms with Crippen LogP contribution in [0.25, 0.3) is 0 Å². The molecule has 8 heteroatoms. The van der Waals surface area contributed by atoms with Crippen LogP contribution in [0.15, 0.2) is 54.6 Å². The van der Waals surface area contributed by atoms with Crippen LogP contribution in [0.2, 0.25) is 0 Å². The molecule has 3 rings (SSSR count). The quantitative estimate of drug-likeness (QED) is 0.580. The molecule has 156 valence electrons. The average Bonchev–Trinajstić information content (AvgIpc) is 2.65. The molecule has 0 spiro atoms. The number of ether oxygens (including phenoxy) is 1. The molecule has 4 nitrogen and oxygen atoms in total. The average molecular weight is 410 g/mol. The topological polar surface area (TPSA) is 50.4 Å². The highest BCUT2D eigenvalue weighted by atomic mass is 19.3. The van der Waals surface area contributed by atoms with E-state index in [1.807, 2.05) is 30.3 Å². The lowest BCUT2D eigenvalue weighted by atomic mass is 9.72. The first-order chi connectivity index (χ1) is 13.8. The smallest absolute Gasteiger partial charge is 0.330 e. The van der Waals surface area contributed by atoms with Gasteiger partial charge in [-0.15, -0.1) is 0 Å². The van der Waals surface area contributed by atoms with Gasteiger partial charge in [0.1, 0.15) is 6.61 Å². The van der Waals surface area contributed by atoms with E-state index in [1.165, 1.54) is 0 Å². The second-order valence-corrected chi connectivity index (χ2v) is 7.14. The van der Waals surface area contributed by atoms with E-state index in [4.69, 9.17) is 4.74 Å². The van der Waals surface area contributed by atoms with Crippen LogP contribution in [0.1, 0.15) is 30.4 Å². The summed E-state index contributed by atoms with van der Waals surface area (Å²) in [6.45, 7) is -1.64. The van der Waals surface area contributed by atoms with E-state index in [-0.39, 0.29) is 12.6 Å². The summed E-state index contributed by atoms with van der Waals surface area (Å²) < 4.78 is 54.8. The number of rotatable bonds is 8. The Morgan fingerprint density at radius 2 is 1.83 bits per heavy atom. The van der Waals surface area contributed by atoms with Gasteiger partial charge in [-0.3, -0.25) is 0 Å². The number of benzene rings is 2. The number of anilines is 1. The second kappa shape index (κ2) is 8.82. The maximum absolute atomic E-state index is 12.9. The van der Waals surface area contributed by atoms with Crippen LogP contribution in [0.4, 0.5) is 28.0 Å². The lowest BCUT2D eigenvalue weighted by Gasteiger charge is -2.43. The van der Waals surface area contributed by atoms with Gasteiger partial charge in [0.25, 0.3) is 0 Å². The number of nitrogens with one attached hydrogen (secondary N) is 2. The maximum Gasteiger partial charge on any atom is 0.330 e. The van der Waals surface area contributed by atoms with Crippen LogP contribution in [0, 0.1) is 0 Å². The Labute approximate surface area is 166 Å². The molecule has 0 unspecified atom stereocenters. The number of carbonyl (C=O) groups is 1. The zero-order chi connectivity index (χ0) is 20.9. The van der Waals surface area contributed by atoms with E-state index < -0.39 is 24.5 Å². The van der Waals surface area contributed by atoms with Crippen molar-refractivity contribution >= 4 is 11.7 Å². The molecule has 1 aliphatic carbocycles. The number of amides is 2. The molecule has 2 amide bonds. The minimum absolute atomic E-state index is 0.270. The first-order valence-corrected chi connectivity index (χ1v) is 9.28. The predicted octanol–water partition coefficient (Wildman–Crippen LogP) is 5.30. The van der Waals surface area contributed by atoms with Crippen LogP contribution in [0.3, 0.4) is 0 Å². The highest BCUT2D eigenvalue weighted by Gasteiger charge is 2.41. The van der Waals surface area contributed by atoms with E-state index in [0.717, 1.165) is 24.8 Å². The van der Waals surface area contributed by atoms with Crippen molar-refractivity contribution in [3.05, 3.63) is 65.7 Å². The third-order valence-electron chi connectivity index (χ3n) is 4.95. The Kier molecular flexibility index (Phi) is 6.42. The minimum atomic E-state index is -4.19. The van der Waals surface area contributed by atoms with Crippen molar-refractivity contribution in [3.8, 4) is 0 Å². The van der Waals surface area contributed by atoms with Gasteiger partial charge >= 0.3 is 18.4 Å². The Hall–Kier alpha value is -2.61. The number of carbonyl (C=O) groups excluding carboxylic acids is 1. The Morgan fingerprint density at radius 1 is 1.10 bits per heavy atom. The number of halogens is 4. The van der Waals surface area contributed by atoms with E-state index in [2.05, 4.69) is 10.6 Å². The van der Waals surface area contributed by atoms with Crippen LogP contribution in [0.5, 0.6) is 0 Å². The third-order valence-corrected chi connectivity index (χ3v) is 4.95. The van der Waals surface area contributed by atoms with E-state index in [0.29, 0.717) is 11.3 Å². The van der Waals surface area contributed by atoms with Gasteiger partial charge in [-0.05, 0) is 42.5 Å². The van der Waals surface area contributed by atoms with Crippen molar-refractivity contribution in [2.24, 2.45) is 0 Å². The molecule has 0 heterocycles. The van der Waals surface area contributed by atoms with Gasteiger partial charge in [0, 0.05) is 5.69 Å². The molecule has 2 aromatic rings. The molecular formula is C21H22F4N2O2. The summed E-state index contributed by atoms with van der Waals surface area (Å²) in [5, 5.41) is 5.75. The number of alkyl halides is 4. The molecule has 1 aliphatic rings. The van der Waals surface area contributed by atoms with E-state index in [1.54, 1.807) is 24.3 Å². The summed E-state index contributed by atoms with van der Waals surface area (Å²) in [4.78, 5) is 12.5. The van der Waals surface area contributed by atoms with E-state index >= 15 is 0 Å². The molecule has 0 bridgehead atoms. The fourth-order valence-electron chi connectivity index (χ4n) is 3.26. The molecule has 0 aliphatic heterocycles. The molecule has 2 aromatic carbocycles. The van der Waals surface area contributed by atoms with E-state index in [9.17, 15) is 22.4 Å². The Balaban J connectivity index is 1.56. The summed E-state index contributed by atoms with van der Waals surface area (Å²) in [6, 6.07) is 15.8. The molecule has 1 saturated carbocycles. The fraction of sp³-hybridized carbons (Fsp3) is 0.381. The van der Waals surface area contributed by atoms with Crippen LogP contribution >= 0.6 is 0 Å². The summed E-state index contributed by atoms with van der Waals surface area (Å²) in [7, 11) is 0. The Bertz CT molecular complexity index is 826. The van der Waals surface area contributed by atoms with Crippen LogP contribution in [-0.2, 0) is 16.9 Å². The van der Waals surface area contributed by atoms with Crippen molar-refractivity contribution in [3.63, 3.8) is 0 Å². The summed E-state index contributed by atoms with van der Waals surface area (Å²) >= 11 is 0. The second-order valence-electron chi connectivity index (χ2n) is 7.14. The first kappa shape index (κ1) is 21.1. The number of hydrogen-bond acceptors (Lipinski definition) is 2. The van der Waals surface area contributed by atoms with Crippen LogP contribution in [-0.4, -0.2) is 25.0 Å². The molecule has 1 fully saturated rings. The lowest BCUT2D eigenvalue weighted by Crippen LogP contribution is -2.52. The van der Waals surface area contributed by atoms with Crippen LogP contribution < -0.4 is 10.6 Å². The molecule has 0 atom stereocenters. The lowest BCUT2D eigenvalue weighted by molar-refractivity contribution is -0.168. The molecule has 2 N–H and O–H groups in total. The SMILES string of the molecule is O=C(Nc1cccc(COCC(F)(F)C(F)F)c1)NC1(c2ccccc2)CCC1. The molecular weight excluding hydrogens is 388 g/mol. The van der Waals surface area contributed by atoms with Crippen molar-refractivity contribution in [1.82, 2.24) is 5.32 Å². The zero-order valence-corrected chi connectivity index (χ0v) is 15.6. The maximum atomic E-state index is 12.9. The van der Waals surface area contributed by atoms with Gasteiger partial charge in [-0.1, -0.05) is 42.5 Å². The summed E-state index contributed by atoms with van der Waals surface area (Å²) in [5.41, 5.74) is 1.58. The zero-order valence-electron chi connectivity index (χ0n) is 15.6. The van der Waals surface area contributed by atoms with Crippen molar-refractivity contribution < 1.29 is 27.1 Å². The van der Waals surface area contributed by atoms with Gasteiger partial charge in [0.2, 0.25) is 0 Å². The van der Waals surface area contributed by atoms with Crippen molar-refractivity contribution in [2.45, 2.75) is 43.8 Å². The standard InChI is InChI=1S/C21H22F4N2O2/c22-18(23)21(24,25)14-29-13-15-6-4-9-17(12-15)26-19(28)27-20(10-5-11-20)16-7-2-1-3-8-16/h1-4,6-9,12,18H,5,10-11,13-14H2,(H2,26,27,28). The predicted molar refractivity (Wildman–Crippen MR) is 101 cm³/mol. The van der Waals surface area contributed by atoms with Gasteiger partial charge in [0.15, 0.2) is 0 Å². The van der Waals surface area contributed by atoms with Gasteiger partial charge in [-0.2, -0.15) is 8.78 Å². The van der Waals surface area contributed by atoms with Gasteiger partial charge < -0.3 is 15.4 Å². The number of urea groups is 1. The normalized spacial score (nSPS) is 15.6. The summed E-state index contributed by atoms with van der Waals surface area (Å²) in [6.07, 6.45) is -1.07. The minimum Gasteiger partial charge on any atom is -0.370 e. The first-order valence-electron chi connectivity index (χ1n) is 9.28. The highest BCUT2D eigenvalue weighted by Crippen LogP contribution is 2.41. The largest absolute Gasteiger partial charge is 0.370 e. The molecule has 0 aromatic heterocycles. The highest BCUT2D eigenvalue weighted by molar-refractivity contribution is 5.90. The van der Waals surface area contributed by atoms with Crippen molar-refractivity contribution in [2.75, 3.05) is 11.9 Å². The van der Waals surface area contributed by atoms with Gasteiger partial charge in [-0.25, -0.2) is 13.6 Å². The molecule has 0 saturated heterocycles. The third kappa shape index (κ3) is 5.26. The van der Waals surface area contributed by atoms with Gasteiger partial charge in [0.05, 0.1) is 12.1 Å². The fourth-order valence-corrected chi connectivity index (χ4v) is 3.26. The summed E-state index contributed by atoms with van der Waals surface area (Å²) in [5.74, 6) is -4.19.